The van der Waals surface area contributed by atoms with Crippen molar-refractivity contribution >= 4 is 40.2 Å². The fourth-order valence-corrected chi connectivity index (χ4v) is 3.40. The van der Waals surface area contributed by atoms with Gasteiger partial charge in [-0.25, -0.2) is 4.98 Å². The van der Waals surface area contributed by atoms with Crippen LogP contribution in [0, 0.1) is 0 Å². The third-order valence-corrected chi connectivity index (χ3v) is 5.18. The molecule has 2 aromatic rings. The first-order valence-corrected chi connectivity index (χ1v) is 9.93. The van der Waals surface area contributed by atoms with Gasteiger partial charge in [-0.05, 0) is 38.0 Å². The van der Waals surface area contributed by atoms with Crippen molar-refractivity contribution in [3.63, 3.8) is 0 Å². The lowest BCUT2D eigenvalue weighted by molar-refractivity contribution is -0.119. The van der Waals surface area contributed by atoms with Crippen LogP contribution in [0.3, 0.4) is 0 Å². The molecule has 0 fully saturated rings. The van der Waals surface area contributed by atoms with E-state index in [1.807, 2.05) is 13.8 Å². The van der Waals surface area contributed by atoms with Crippen molar-refractivity contribution in [1.82, 2.24) is 14.9 Å². The molecule has 0 aliphatic rings. The van der Waals surface area contributed by atoms with Crippen LogP contribution in [0.15, 0.2) is 28.2 Å². The van der Waals surface area contributed by atoms with E-state index in [9.17, 15) is 9.59 Å². The standard InChI is InChI=1S/C18H24ClN3O3S/c1-4-12(2)20-16(23)11-26-18-21-15-10-13(19)6-7-14(15)17(24)22(18)8-5-9-25-3/h6-7,10,12H,4-5,8-9,11H2,1-3H3,(H,20,23). The summed E-state index contributed by atoms with van der Waals surface area (Å²) in [6.45, 7) is 5.00. The van der Waals surface area contributed by atoms with Gasteiger partial charge < -0.3 is 10.1 Å². The molecule has 0 saturated heterocycles. The van der Waals surface area contributed by atoms with Gasteiger partial charge in [0, 0.05) is 31.3 Å². The zero-order valence-electron chi connectivity index (χ0n) is 15.3. The molecule has 1 N–H and O–H groups in total. The number of aromatic nitrogens is 2. The molecule has 26 heavy (non-hydrogen) atoms. The molecule has 0 aliphatic heterocycles. The van der Waals surface area contributed by atoms with Gasteiger partial charge in [0.1, 0.15) is 0 Å². The molecular weight excluding hydrogens is 374 g/mol. The lowest BCUT2D eigenvalue weighted by Gasteiger charge is -2.14. The molecule has 0 bridgehead atoms. The number of nitrogens with one attached hydrogen (secondary N) is 1. The van der Waals surface area contributed by atoms with E-state index >= 15 is 0 Å². The number of hydrogen-bond acceptors (Lipinski definition) is 5. The SMILES string of the molecule is CCC(C)NC(=O)CSc1nc2cc(Cl)ccc2c(=O)n1CCCOC. The van der Waals surface area contributed by atoms with Crippen molar-refractivity contribution in [2.45, 2.75) is 44.4 Å². The molecule has 142 valence electrons. The first-order valence-electron chi connectivity index (χ1n) is 8.57. The molecule has 1 amide bonds. The summed E-state index contributed by atoms with van der Waals surface area (Å²) in [7, 11) is 1.62. The Hall–Kier alpha value is -1.57. The summed E-state index contributed by atoms with van der Waals surface area (Å²) in [5, 5.41) is 4.46. The molecule has 1 aromatic heterocycles. The Bertz CT molecular complexity index is 825. The number of hydrogen-bond donors (Lipinski definition) is 1. The normalized spacial score (nSPS) is 12.3. The van der Waals surface area contributed by atoms with Crippen LogP contribution in [-0.4, -0.2) is 41.0 Å². The predicted molar refractivity (Wildman–Crippen MR) is 106 cm³/mol. The zero-order chi connectivity index (χ0) is 19.1. The lowest BCUT2D eigenvalue weighted by atomic mass is 10.2. The Morgan fingerprint density at radius 1 is 1.46 bits per heavy atom. The minimum atomic E-state index is -0.132. The summed E-state index contributed by atoms with van der Waals surface area (Å²) >= 11 is 7.29. The minimum absolute atomic E-state index is 0.0757. The number of benzene rings is 1. The molecule has 1 atom stereocenters. The van der Waals surface area contributed by atoms with E-state index in [-0.39, 0.29) is 23.3 Å². The van der Waals surface area contributed by atoms with Crippen molar-refractivity contribution in [1.29, 1.82) is 0 Å². The van der Waals surface area contributed by atoms with Crippen LogP contribution >= 0.6 is 23.4 Å². The van der Waals surface area contributed by atoms with Gasteiger partial charge in [-0.15, -0.1) is 0 Å². The highest BCUT2D eigenvalue weighted by atomic mass is 35.5. The van der Waals surface area contributed by atoms with Crippen LogP contribution in [0.1, 0.15) is 26.7 Å². The maximum Gasteiger partial charge on any atom is 0.262 e. The molecule has 8 heteroatoms. The van der Waals surface area contributed by atoms with E-state index in [1.54, 1.807) is 29.9 Å². The number of halogens is 1. The van der Waals surface area contributed by atoms with Gasteiger partial charge in [-0.2, -0.15) is 0 Å². The average Bonchev–Trinajstić information content (AvgIpc) is 2.61. The first-order chi connectivity index (χ1) is 12.5. The molecule has 6 nitrogen and oxygen atoms in total. The second kappa shape index (κ2) is 9.94. The zero-order valence-corrected chi connectivity index (χ0v) is 16.8. The molecule has 1 unspecified atom stereocenters. The number of methoxy groups -OCH3 is 1. The summed E-state index contributed by atoms with van der Waals surface area (Å²) in [5.41, 5.74) is 0.405. The van der Waals surface area contributed by atoms with Crippen LogP contribution in [0.25, 0.3) is 10.9 Å². The lowest BCUT2D eigenvalue weighted by Crippen LogP contribution is -2.33. The van der Waals surface area contributed by atoms with Crippen molar-refractivity contribution in [3.8, 4) is 0 Å². The number of fused-ring (bicyclic) bond motifs is 1. The van der Waals surface area contributed by atoms with Crippen molar-refractivity contribution in [2.24, 2.45) is 0 Å². The predicted octanol–water partition coefficient (Wildman–Crippen LogP) is 3.09. The summed E-state index contributed by atoms with van der Waals surface area (Å²) in [4.78, 5) is 29.5. The Balaban J connectivity index is 2.30. The van der Waals surface area contributed by atoms with Gasteiger partial charge in [0.25, 0.3) is 5.56 Å². The fraction of sp³-hybridized carbons (Fsp3) is 0.500. The third-order valence-electron chi connectivity index (χ3n) is 3.96. The summed E-state index contributed by atoms with van der Waals surface area (Å²) in [6.07, 6.45) is 1.55. The van der Waals surface area contributed by atoms with E-state index in [1.165, 1.54) is 11.8 Å². The number of ether oxygens (including phenoxy) is 1. The number of nitrogens with zero attached hydrogens (tertiary/aromatic N) is 2. The molecule has 0 spiro atoms. The first kappa shape index (κ1) is 20.7. The number of carbonyl (C=O) groups excluding carboxylic acids is 1. The Morgan fingerprint density at radius 2 is 2.23 bits per heavy atom. The quantitative estimate of drug-likeness (QED) is 0.400. The highest BCUT2D eigenvalue weighted by Crippen LogP contribution is 2.20. The monoisotopic (exact) mass is 397 g/mol. The van der Waals surface area contributed by atoms with Crippen LogP contribution in [0.5, 0.6) is 0 Å². The minimum Gasteiger partial charge on any atom is -0.385 e. The van der Waals surface area contributed by atoms with E-state index in [2.05, 4.69) is 10.3 Å². The van der Waals surface area contributed by atoms with Gasteiger partial charge in [-0.3, -0.25) is 14.2 Å². The van der Waals surface area contributed by atoms with Crippen LogP contribution in [-0.2, 0) is 16.1 Å². The van der Waals surface area contributed by atoms with Gasteiger partial charge in [0.15, 0.2) is 5.16 Å². The number of thioether (sulfide) groups is 1. The Kier molecular flexibility index (Phi) is 7.93. The van der Waals surface area contributed by atoms with Gasteiger partial charge in [0.2, 0.25) is 5.91 Å². The number of rotatable bonds is 9. The van der Waals surface area contributed by atoms with Crippen molar-refractivity contribution in [3.05, 3.63) is 33.6 Å². The fourth-order valence-electron chi connectivity index (χ4n) is 2.40. The van der Waals surface area contributed by atoms with Crippen molar-refractivity contribution < 1.29 is 9.53 Å². The smallest absolute Gasteiger partial charge is 0.262 e. The summed E-state index contributed by atoms with van der Waals surface area (Å²) in [6, 6.07) is 5.15. The Morgan fingerprint density at radius 3 is 2.92 bits per heavy atom. The summed E-state index contributed by atoms with van der Waals surface area (Å²) < 4.78 is 6.68. The highest BCUT2D eigenvalue weighted by molar-refractivity contribution is 7.99. The van der Waals surface area contributed by atoms with Crippen LogP contribution in [0.2, 0.25) is 5.02 Å². The molecule has 0 radical (unpaired) electrons. The molecule has 2 rings (SSSR count). The van der Waals surface area contributed by atoms with Gasteiger partial charge in [-0.1, -0.05) is 30.3 Å². The molecule has 1 heterocycles. The average molecular weight is 398 g/mol. The van der Waals surface area contributed by atoms with Crippen LogP contribution < -0.4 is 10.9 Å². The largest absolute Gasteiger partial charge is 0.385 e. The molecule has 0 aliphatic carbocycles. The second-order valence-electron chi connectivity index (χ2n) is 6.02. The van der Waals surface area contributed by atoms with E-state index in [4.69, 9.17) is 16.3 Å². The number of amides is 1. The molecule has 0 saturated carbocycles. The van der Waals surface area contributed by atoms with Gasteiger partial charge >= 0.3 is 0 Å². The third kappa shape index (κ3) is 5.46. The van der Waals surface area contributed by atoms with E-state index < -0.39 is 0 Å². The molecular formula is C18H24ClN3O3S. The van der Waals surface area contributed by atoms with Crippen LogP contribution in [0.4, 0.5) is 0 Å². The van der Waals surface area contributed by atoms with E-state index in [0.29, 0.717) is 40.7 Å². The molecule has 1 aromatic carbocycles. The topological polar surface area (TPSA) is 73.2 Å². The van der Waals surface area contributed by atoms with Crippen molar-refractivity contribution in [2.75, 3.05) is 19.5 Å². The highest BCUT2D eigenvalue weighted by Gasteiger charge is 2.14. The maximum atomic E-state index is 12.8. The number of carbonyl (C=O) groups is 1. The van der Waals surface area contributed by atoms with Gasteiger partial charge in [0.05, 0.1) is 16.7 Å². The second-order valence-corrected chi connectivity index (χ2v) is 7.40. The maximum absolute atomic E-state index is 12.8. The summed E-state index contributed by atoms with van der Waals surface area (Å²) in [5.74, 6) is 0.126. The Labute approximate surface area is 162 Å². The van der Waals surface area contributed by atoms with E-state index in [0.717, 1.165) is 6.42 Å².